The van der Waals surface area contributed by atoms with Crippen molar-refractivity contribution < 1.29 is 4.39 Å². The Morgan fingerprint density at radius 2 is 2.12 bits per heavy atom. The van der Waals surface area contributed by atoms with E-state index in [1.165, 1.54) is 12.1 Å². The topological polar surface area (TPSA) is 43.8 Å². The Morgan fingerprint density at radius 1 is 1.35 bits per heavy atom. The van der Waals surface area contributed by atoms with Crippen LogP contribution in [0.25, 0.3) is 5.69 Å². The summed E-state index contributed by atoms with van der Waals surface area (Å²) in [6.07, 6.45) is 1.84. The minimum Gasteiger partial charge on any atom is -0.326 e. The molecule has 4 heteroatoms. The van der Waals surface area contributed by atoms with Gasteiger partial charge in [-0.05, 0) is 35.7 Å². The first-order chi connectivity index (χ1) is 8.10. The molecule has 0 aliphatic rings. The van der Waals surface area contributed by atoms with Crippen molar-refractivity contribution in [3.05, 3.63) is 47.5 Å². The number of hydrogen-bond donors (Lipinski definition) is 1. The molecular weight excluding hydrogens is 217 g/mol. The molecule has 3 nitrogen and oxygen atoms in total. The minimum atomic E-state index is -0.287. The highest BCUT2D eigenvalue weighted by atomic mass is 19.1. The lowest BCUT2D eigenvalue weighted by molar-refractivity contribution is 0.622. The number of aromatic nitrogens is 2. The van der Waals surface area contributed by atoms with E-state index < -0.39 is 0 Å². The first-order valence-electron chi connectivity index (χ1n) is 5.65. The zero-order chi connectivity index (χ0) is 12.4. The van der Waals surface area contributed by atoms with Crippen LogP contribution in [-0.4, -0.2) is 9.78 Å². The highest BCUT2D eigenvalue weighted by molar-refractivity contribution is 5.36. The molecular formula is C13H16FN3. The van der Waals surface area contributed by atoms with Crippen LogP contribution in [0.1, 0.15) is 31.0 Å². The summed E-state index contributed by atoms with van der Waals surface area (Å²) in [4.78, 5) is 0. The summed E-state index contributed by atoms with van der Waals surface area (Å²) in [5.41, 5.74) is 7.98. The van der Waals surface area contributed by atoms with Crippen LogP contribution in [0.15, 0.2) is 30.5 Å². The Labute approximate surface area is 100 Å². The smallest absolute Gasteiger partial charge is 0.125 e. The van der Waals surface area contributed by atoms with Gasteiger partial charge in [-0.3, -0.25) is 0 Å². The SMILES string of the molecule is CC(C)c1ccn(-c2cc(F)cc(CN)c2)n1. The molecule has 0 amide bonds. The van der Waals surface area contributed by atoms with E-state index in [0.717, 1.165) is 11.3 Å². The summed E-state index contributed by atoms with van der Waals surface area (Å²) >= 11 is 0. The van der Waals surface area contributed by atoms with Gasteiger partial charge in [0.05, 0.1) is 11.4 Å². The minimum absolute atomic E-state index is 0.287. The van der Waals surface area contributed by atoms with Crippen molar-refractivity contribution in [3.63, 3.8) is 0 Å². The predicted octanol–water partition coefficient (Wildman–Crippen LogP) is 2.59. The van der Waals surface area contributed by atoms with Crippen molar-refractivity contribution in [2.45, 2.75) is 26.3 Å². The monoisotopic (exact) mass is 233 g/mol. The fraction of sp³-hybridized carbons (Fsp3) is 0.308. The first kappa shape index (κ1) is 11.8. The van der Waals surface area contributed by atoms with Crippen molar-refractivity contribution in [2.75, 3.05) is 0 Å². The first-order valence-corrected chi connectivity index (χ1v) is 5.65. The quantitative estimate of drug-likeness (QED) is 0.885. The average molecular weight is 233 g/mol. The lowest BCUT2D eigenvalue weighted by Crippen LogP contribution is -2.02. The van der Waals surface area contributed by atoms with E-state index in [1.807, 2.05) is 18.3 Å². The van der Waals surface area contributed by atoms with Crippen molar-refractivity contribution in [1.29, 1.82) is 0 Å². The van der Waals surface area contributed by atoms with E-state index in [4.69, 9.17) is 5.73 Å². The van der Waals surface area contributed by atoms with Crippen LogP contribution in [0.5, 0.6) is 0 Å². The molecule has 2 rings (SSSR count). The Hall–Kier alpha value is -1.68. The van der Waals surface area contributed by atoms with Gasteiger partial charge in [-0.1, -0.05) is 13.8 Å². The number of halogens is 1. The molecule has 0 aliphatic carbocycles. The number of rotatable bonds is 3. The lowest BCUT2D eigenvalue weighted by Gasteiger charge is -2.05. The van der Waals surface area contributed by atoms with Gasteiger partial charge in [-0.15, -0.1) is 0 Å². The average Bonchev–Trinajstić information content (AvgIpc) is 2.77. The third kappa shape index (κ3) is 2.53. The Morgan fingerprint density at radius 3 is 2.71 bits per heavy atom. The van der Waals surface area contributed by atoms with Gasteiger partial charge in [-0.25, -0.2) is 9.07 Å². The van der Waals surface area contributed by atoms with Gasteiger partial charge >= 0.3 is 0 Å². The van der Waals surface area contributed by atoms with Gasteiger partial charge in [0.25, 0.3) is 0 Å². The van der Waals surface area contributed by atoms with E-state index in [-0.39, 0.29) is 5.82 Å². The second-order valence-electron chi connectivity index (χ2n) is 4.36. The van der Waals surface area contributed by atoms with Gasteiger partial charge in [0, 0.05) is 12.7 Å². The van der Waals surface area contributed by atoms with Gasteiger partial charge in [0.2, 0.25) is 0 Å². The number of nitrogens with zero attached hydrogens (tertiary/aromatic N) is 2. The molecule has 0 spiro atoms. The molecule has 0 radical (unpaired) electrons. The molecule has 90 valence electrons. The fourth-order valence-corrected chi connectivity index (χ4v) is 1.67. The molecule has 1 heterocycles. The number of nitrogens with two attached hydrogens (primary N) is 1. The van der Waals surface area contributed by atoms with Crippen molar-refractivity contribution >= 4 is 0 Å². The van der Waals surface area contributed by atoms with Crippen LogP contribution in [0.2, 0.25) is 0 Å². The summed E-state index contributed by atoms with van der Waals surface area (Å²) in [5.74, 6) is 0.0725. The molecule has 0 unspecified atom stereocenters. The van der Waals surface area contributed by atoms with Crippen LogP contribution in [-0.2, 0) is 6.54 Å². The highest BCUT2D eigenvalue weighted by Gasteiger charge is 2.06. The van der Waals surface area contributed by atoms with Crippen LogP contribution in [0.3, 0.4) is 0 Å². The van der Waals surface area contributed by atoms with Gasteiger partial charge < -0.3 is 5.73 Å². The molecule has 0 saturated carbocycles. The van der Waals surface area contributed by atoms with Crippen LogP contribution in [0.4, 0.5) is 4.39 Å². The summed E-state index contributed by atoms with van der Waals surface area (Å²) < 4.78 is 15.0. The fourth-order valence-electron chi connectivity index (χ4n) is 1.67. The van der Waals surface area contributed by atoms with E-state index in [1.54, 1.807) is 4.68 Å². The second-order valence-corrected chi connectivity index (χ2v) is 4.36. The van der Waals surface area contributed by atoms with Gasteiger partial charge in [-0.2, -0.15) is 5.10 Å². The molecule has 0 aliphatic heterocycles. The maximum absolute atomic E-state index is 13.4. The Bertz CT molecular complexity index is 517. The number of benzene rings is 1. The third-order valence-electron chi connectivity index (χ3n) is 2.64. The van der Waals surface area contributed by atoms with Crippen molar-refractivity contribution in [2.24, 2.45) is 5.73 Å². The lowest BCUT2D eigenvalue weighted by atomic mass is 10.1. The van der Waals surface area contributed by atoms with Crippen LogP contribution < -0.4 is 5.73 Å². The highest BCUT2D eigenvalue weighted by Crippen LogP contribution is 2.16. The zero-order valence-corrected chi connectivity index (χ0v) is 10.0. The van der Waals surface area contributed by atoms with Crippen molar-refractivity contribution in [3.8, 4) is 5.69 Å². The largest absolute Gasteiger partial charge is 0.326 e. The zero-order valence-electron chi connectivity index (χ0n) is 10.0. The molecule has 17 heavy (non-hydrogen) atoms. The molecule has 0 bridgehead atoms. The molecule has 1 aromatic carbocycles. The maximum atomic E-state index is 13.4. The molecule has 2 aromatic rings. The van der Waals surface area contributed by atoms with Crippen LogP contribution in [0, 0.1) is 5.82 Å². The Kier molecular flexibility index (Phi) is 3.24. The van der Waals surface area contributed by atoms with E-state index >= 15 is 0 Å². The summed E-state index contributed by atoms with van der Waals surface area (Å²) in [6, 6.07) is 6.69. The Balaban J connectivity index is 2.41. The van der Waals surface area contributed by atoms with E-state index in [9.17, 15) is 4.39 Å². The molecule has 2 N–H and O–H groups in total. The third-order valence-corrected chi connectivity index (χ3v) is 2.64. The van der Waals surface area contributed by atoms with Gasteiger partial charge in [0.15, 0.2) is 0 Å². The normalized spacial score (nSPS) is 11.1. The molecule has 0 atom stereocenters. The summed E-state index contributed by atoms with van der Waals surface area (Å²) in [6.45, 7) is 4.47. The van der Waals surface area contributed by atoms with Crippen LogP contribution >= 0.6 is 0 Å². The standard InChI is InChI=1S/C13H16FN3/c1-9(2)13-3-4-17(16-13)12-6-10(8-15)5-11(14)7-12/h3-7,9H,8,15H2,1-2H3. The maximum Gasteiger partial charge on any atom is 0.125 e. The summed E-state index contributed by atoms with van der Waals surface area (Å²) in [5, 5.41) is 4.41. The van der Waals surface area contributed by atoms with E-state index in [0.29, 0.717) is 18.2 Å². The van der Waals surface area contributed by atoms with E-state index in [2.05, 4.69) is 18.9 Å². The molecule has 1 aromatic heterocycles. The summed E-state index contributed by atoms with van der Waals surface area (Å²) in [7, 11) is 0. The number of hydrogen-bond acceptors (Lipinski definition) is 2. The second kappa shape index (κ2) is 4.67. The van der Waals surface area contributed by atoms with Crippen molar-refractivity contribution in [1.82, 2.24) is 9.78 Å². The van der Waals surface area contributed by atoms with Gasteiger partial charge in [0.1, 0.15) is 5.82 Å². The molecule has 0 saturated heterocycles. The predicted molar refractivity (Wildman–Crippen MR) is 65.5 cm³/mol. The molecule has 0 fully saturated rings.